The maximum absolute atomic E-state index is 13.6. The van der Waals surface area contributed by atoms with Crippen molar-refractivity contribution in [2.24, 2.45) is 11.8 Å². The first-order valence-electron chi connectivity index (χ1n) is 8.67. The number of nitrogens with one attached hydrogen (secondary N) is 1. The lowest BCUT2D eigenvalue weighted by Gasteiger charge is -2.14. The van der Waals surface area contributed by atoms with Crippen LogP contribution in [0.1, 0.15) is 43.9 Å². The van der Waals surface area contributed by atoms with Crippen LogP contribution in [0.25, 0.3) is 5.57 Å². The van der Waals surface area contributed by atoms with Crippen LogP contribution in [0.4, 0.5) is 14.6 Å². The van der Waals surface area contributed by atoms with E-state index in [4.69, 9.17) is 0 Å². The fourth-order valence-corrected chi connectivity index (χ4v) is 4.23. The number of hydrogen-bond donors (Lipinski definition) is 1. The molecule has 1 saturated carbocycles. The van der Waals surface area contributed by atoms with E-state index in [1.807, 2.05) is 0 Å². The molecule has 25 heavy (non-hydrogen) atoms. The van der Waals surface area contributed by atoms with Gasteiger partial charge in [-0.2, -0.15) is 0 Å². The molecule has 4 rings (SSSR count). The van der Waals surface area contributed by atoms with Crippen molar-refractivity contribution in [3.8, 4) is 0 Å². The van der Waals surface area contributed by atoms with Gasteiger partial charge in [0.2, 0.25) is 0 Å². The average molecular weight is 342 g/mol. The third-order valence-electron chi connectivity index (χ3n) is 5.38. The van der Waals surface area contributed by atoms with Crippen molar-refractivity contribution < 1.29 is 8.78 Å². The van der Waals surface area contributed by atoms with E-state index in [1.54, 1.807) is 12.4 Å². The summed E-state index contributed by atoms with van der Waals surface area (Å²) in [6.07, 6.45) is 10.4. The molecule has 2 heterocycles. The molecule has 0 saturated heterocycles. The number of hydrogen-bond acceptors (Lipinski definition) is 4. The van der Waals surface area contributed by atoms with Crippen molar-refractivity contribution in [2.45, 2.75) is 39.2 Å². The summed E-state index contributed by atoms with van der Waals surface area (Å²) in [5.74, 6) is 0.547. The van der Waals surface area contributed by atoms with Crippen LogP contribution < -0.4 is 5.32 Å². The third-order valence-corrected chi connectivity index (χ3v) is 5.38. The molecule has 6 heteroatoms. The van der Waals surface area contributed by atoms with Gasteiger partial charge in [-0.15, -0.1) is 0 Å². The predicted molar refractivity (Wildman–Crippen MR) is 91.6 cm³/mol. The first-order chi connectivity index (χ1) is 12.1. The van der Waals surface area contributed by atoms with Crippen LogP contribution in [-0.4, -0.2) is 15.0 Å². The number of rotatable bonds is 4. The van der Waals surface area contributed by atoms with Crippen molar-refractivity contribution in [3.63, 3.8) is 0 Å². The minimum atomic E-state index is -0.670. The molecule has 2 atom stereocenters. The zero-order valence-electron chi connectivity index (χ0n) is 14.1. The van der Waals surface area contributed by atoms with Gasteiger partial charge in [-0.1, -0.05) is 12.0 Å². The lowest BCUT2D eigenvalue weighted by Crippen LogP contribution is -2.08. The van der Waals surface area contributed by atoms with Crippen LogP contribution in [0.3, 0.4) is 0 Å². The van der Waals surface area contributed by atoms with Crippen molar-refractivity contribution in [1.82, 2.24) is 15.0 Å². The summed E-state index contributed by atoms with van der Waals surface area (Å²) < 4.78 is 27.2. The molecule has 0 radical (unpaired) electrons. The minimum Gasteiger partial charge on any atom is -0.364 e. The fraction of sp³-hybridized carbons (Fsp3) is 0.421. The Labute approximate surface area is 145 Å². The number of fused-ring (bicyclic) bond motifs is 1. The largest absolute Gasteiger partial charge is 0.364 e. The fourth-order valence-electron chi connectivity index (χ4n) is 4.23. The van der Waals surface area contributed by atoms with E-state index >= 15 is 0 Å². The van der Waals surface area contributed by atoms with Crippen LogP contribution in [-0.2, 0) is 6.54 Å². The molecule has 1 N–H and O–H groups in total. The highest BCUT2D eigenvalue weighted by molar-refractivity contribution is 5.70. The van der Waals surface area contributed by atoms with Gasteiger partial charge in [-0.3, -0.25) is 9.97 Å². The highest BCUT2D eigenvalue weighted by Crippen LogP contribution is 2.50. The third kappa shape index (κ3) is 3.01. The average Bonchev–Trinajstić information content (AvgIpc) is 3.15. The molecular formula is C19H20F2N4. The van der Waals surface area contributed by atoms with Crippen molar-refractivity contribution in [1.29, 1.82) is 0 Å². The van der Waals surface area contributed by atoms with E-state index in [2.05, 4.69) is 27.2 Å². The molecule has 0 amide bonds. The highest BCUT2D eigenvalue weighted by Gasteiger charge is 2.37. The van der Waals surface area contributed by atoms with E-state index in [1.165, 1.54) is 36.8 Å². The summed E-state index contributed by atoms with van der Waals surface area (Å²) in [7, 11) is 0. The van der Waals surface area contributed by atoms with Crippen LogP contribution in [0, 0.1) is 23.5 Å². The van der Waals surface area contributed by atoms with Crippen LogP contribution in [0.15, 0.2) is 30.4 Å². The van der Waals surface area contributed by atoms with E-state index in [-0.39, 0.29) is 12.1 Å². The summed E-state index contributed by atoms with van der Waals surface area (Å²) in [5, 5.41) is 2.92. The quantitative estimate of drug-likeness (QED) is 0.897. The van der Waals surface area contributed by atoms with E-state index in [9.17, 15) is 8.78 Å². The smallest absolute Gasteiger partial charge is 0.149 e. The number of aromatic nitrogens is 3. The monoisotopic (exact) mass is 342 g/mol. The lowest BCUT2D eigenvalue weighted by atomic mass is 9.93. The molecule has 2 unspecified atom stereocenters. The molecule has 0 spiro atoms. The number of allylic oxidation sites excluding steroid dienone is 2. The molecule has 2 aromatic rings. The Balaban J connectivity index is 1.48. The first-order valence-corrected chi connectivity index (χ1v) is 8.67. The van der Waals surface area contributed by atoms with Crippen molar-refractivity contribution >= 4 is 11.4 Å². The van der Waals surface area contributed by atoms with Gasteiger partial charge >= 0.3 is 0 Å². The van der Waals surface area contributed by atoms with E-state index in [0.717, 1.165) is 24.0 Å². The predicted octanol–water partition coefficient (Wildman–Crippen LogP) is 4.36. The highest BCUT2D eigenvalue weighted by atomic mass is 19.1. The Hall–Kier alpha value is -2.37. The topological polar surface area (TPSA) is 50.7 Å². The molecule has 2 aliphatic rings. The molecule has 0 aromatic carbocycles. The van der Waals surface area contributed by atoms with Gasteiger partial charge in [0.25, 0.3) is 0 Å². The Morgan fingerprint density at radius 3 is 2.60 bits per heavy atom. The summed E-state index contributed by atoms with van der Waals surface area (Å²) >= 11 is 0. The molecule has 130 valence electrons. The van der Waals surface area contributed by atoms with Gasteiger partial charge in [0.1, 0.15) is 17.5 Å². The minimum absolute atomic E-state index is 0.000632. The molecule has 2 aliphatic carbocycles. The summed E-state index contributed by atoms with van der Waals surface area (Å²) in [4.78, 5) is 12.4. The van der Waals surface area contributed by atoms with E-state index in [0.29, 0.717) is 11.7 Å². The van der Waals surface area contributed by atoms with Gasteiger partial charge in [0.05, 0.1) is 30.5 Å². The maximum Gasteiger partial charge on any atom is 0.149 e. The Morgan fingerprint density at radius 1 is 1.08 bits per heavy atom. The van der Waals surface area contributed by atoms with Crippen molar-refractivity contribution in [3.05, 3.63) is 53.3 Å². The van der Waals surface area contributed by atoms with Gasteiger partial charge in [0, 0.05) is 12.1 Å². The zero-order chi connectivity index (χ0) is 17.4. The second-order valence-electron chi connectivity index (χ2n) is 6.92. The summed E-state index contributed by atoms with van der Waals surface area (Å²) in [5.41, 5.74) is 3.65. The van der Waals surface area contributed by atoms with Gasteiger partial charge < -0.3 is 5.32 Å². The Kier molecular flexibility index (Phi) is 4.19. The molecular weight excluding hydrogens is 322 g/mol. The SMILES string of the molecule is CC1=C(c2cnc(NCc3c(F)cncc3F)cn2)C2CCCC2C1. The van der Waals surface area contributed by atoms with E-state index < -0.39 is 11.6 Å². The molecule has 2 aromatic heterocycles. The maximum atomic E-state index is 13.6. The standard InChI is InChI=1S/C19H20F2N4/c1-11-5-12-3-2-4-13(12)19(11)17-9-25-18(10-23-17)24-6-14-15(20)7-22-8-16(14)21/h7-10,12-13H,2-6H2,1H3,(H,24,25). The molecule has 1 fully saturated rings. The summed E-state index contributed by atoms with van der Waals surface area (Å²) in [6.45, 7) is 2.19. The normalized spacial score (nSPS) is 22.4. The van der Waals surface area contributed by atoms with Crippen molar-refractivity contribution in [2.75, 3.05) is 5.32 Å². The second kappa shape index (κ2) is 6.50. The zero-order valence-corrected chi connectivity index (χ0v) is 14.1. The van der Waals surface area contributed by atoms with Gasteiger partial charge in [-0.05, 0) is 43.6 Å². The van der Waals surface area contributed by atoms with Gasteiger partial charge in [-0.25, -0.2) is 13.8 Å². The number of anilines is 1. The second-order valence-corrected chi connectivity index (χ2v) is 6.92. The molecule has 0 aliphatic heterocycles. The summed E-state index contributed by atoms with van der Waals surface area (Å²) in [6, 6.07) is 0. The Morgan fingerprint density at radius 2 is 1.88 bits per heavy atom. The Bertz CT molecular complexity index is 796. The molecule has 4 nitrogen and oxygen atoms in total. The number of pyridine rings is 1. The van der Waals surface area contributed by atoms with Gasteiger partial charge in [0.15, 0.2) is 0 Å². The van der Waals surface area contributed by atoms with Crippen LogP contribution in [0.2, 0.25) is 0 Å². The number of halogens is 2. The molecule has 0 bridgehead atoms. The number of nitrogens with zero attached hydrogens (tertiary/aromatic N) is 3. The lowest BCUT2D eigenvalue weighted by molar-refractivity contribution is 0.498. The van der Waals surface area contributed by atoms with Crippen LogP contribution in [0.5, 0.6) is 0 Å². The first kappa shape index (κ1) is 16.1. The van der Waals surface area contributed by atoms with Crippen LogP contribution >= 0.6 is 0 Å².